The number of alkyl carbamates (subject to hydrolysis) is 1. The molecule has 0 radical (unpaired) electrons. The Labute approximate surface area is 216 Å². The second kappa shape index (κ2) is 9.04. The first-order valence-corrected chi connectivity index (χ1v) is 12.8. The van der Waals surface area contributed by atoms with Crippen LogP contribution in [0, 0.1) is 11.3 Å². The molecule has 2 aromatic rings. The molecule has 5 rings (SSSR count). The molecule has 3 saturated carbocycles. The Bertz CT molecular complexity index is 1200. The molecular formula is C28H34N4O5. The van der Waals surface area contributed by atoms with Crippen molar-refractivity contribution in [2.45, 2.75) is 76.2 Å². The summed E-state index contributed by atoms with van der Waals surface area (Å²) in [6.07, 6.45) is 4.87. The highest BCUT2D eigenvalue weighted by Crippen LogP contribution is 2.78. The number of pyridine rings is 1. The number of fused-ring (bicyclic) bond motifs is 2. The molecule has 4 N–H and O–H groups in total. The van der Waals surface area contributed by atoms with Crippen LogP contribution in [0.25, 0.3) is 0 Å². The highest BCUT2D eigenvalue weighted by Gasteiger charge is 2.79. The fourth-order valence-corrected chi connectivity index (χ4v) is 6.11. The van der Waals surface area contributed by atoms with Crippen molar-refractivity contribution >= 4 is 17.9 Å². The maximum atomic E-state index is 13.2. The predicted molar refractivity (Wildman–Crippen MR) is 136 cm³/mol. The van der Waals surface area contributed by atoms with Crippen LogP contribution in [0.2, 0.25) is 0 Å². The van der Waals surface area contributed by atoms with Crippen LogP contribution < -0.4 is 21.1 Å². The monoisotopic (exact) mass is 506 g/mol. The molecular weight excluding hydrogens is 472 g/mol. The summed E-state index contributed by atoms with van der Waals surface area (Å²) in [5.74, 6) is -0.0848. The molecule has 3 amide bonds. The van der Waals surface area contributed by atoms with E-state index in [9.17, 15) is 14.4 Å². The third-order valence-electron chi connectivity index (χ3n) is 7.69. The quantitative estimate of drug-likeness (QED) is 0.504. The molecule has 0 bridgehead atoms. The number of carbonyl (C=O) groups is 3. The van der Waals surface area contributed by atoms with Crippen molar-refractivity contribution in [3.8, 4) is 5.88 Å². The third kappa shape index (κ3) is 5.12. The molecule has 1 aromatic carbocycles. The Morgan fingerprint density at radius 3 is 2.49 bits per heavy atom. The van der Waals surface area contributed by atoms with Crippen LogP contribution >= 0.6 is 0 Å². The second-order valence-corrected chi connectivity index (χ2v) is 11.7. The summed E-state index contributed by atoms with van der Waals surface area (Å²) in [4.78, 5) is 41.6. The smallest absolute Gasteiger partial charge is 0.408 e. The second-order valence-electron chi connectivity index (χ2n) is 11.7. The summed E-state index contributed by atoms with van der Waals surface area (Å²) >= 11 is 0. The van der Waals surface area contributed by atoms with Gasteiger partial charge in [0.2, 0.25) is 11.8 Å². The van der Waals surface area contributed by atoms with Crippen molar-refractivity contribution in [3.05, 3.63) is 59.8 Å². The lowest BCUT2D eigenvalue weighted by atomic mass is 9.52. The summed E-state index contributed by atoms with van der Waals surface area (Å²) in [5.41, 5.74) is 5.92. The number of amides is 3. The SMILES string of the molecule is CC(C)(C)OC(=O)N[C@@H](Cc1ccccc1)C(=O)NC1CC2(C1)C[C@@]1(Oc3ncccc3C(N)=O)CC21. The maximum absolute atomic E-state index is 13.2. The summed E-state index contributed by atoms with van der Waals surface area (Å²) in [6, 6.07) is 12.2. The van der Waals surface area contributed by atoms with Crippen LogP contribution in [0.15, 0.2) is 48.7 Å². The number of ether oxygens (including phenoxy) is 2. The van der Waals surface area contributed by atoms with Crippen molar-refractivity contribution in [1.82, 2.24) is 15.6 Å². The Morgan fingerprint density at radius 2 is 1.84 bits per heavy atom. The Hall–Kier alpha value is -3.62. The van der Waals surface area contributed by atoms with Gasteiger partial charge in [-0.25, -0.2) is 9.78 Å². The molecule has 1 spiro atoms. The van der Waals surface area contributed by atoms with Gasteiger partial charge in [0.05, 0.1) is 0 Å². The zero-order valence-corrected chi connectivity index (χ0v) is 21.5. The van der Waals surface area contributed by atoms with Crippen LogP contribution in [-0.4, -0.2) is 46.2 Å². The number of benzene rings is 1. The molecule has 196 valence electrons. The lowest BCUT2D eigenvalue weighted by molar-refractivity contribution is -0.130. The minimum Gasteiger partial charge on any atom is -0.470 e. The highest BCUT2D eigenvalue weighted by atomic mass is 16.6. The molecule has 3 fully saturated rings. The van der Waals surface area contributed by atoms with Crippen molar-refractivity contribution < 1.29 is 23.9 Å². The Kier molecular flexibility index (Phi) is 6.12. The largest absolute Gasteiger partial charge is 0.470 e. The molecule has 37 heavy (non-hydrogen) atoms. The van der Waals surface area contributed by atoms with Gasteiger partial charge in [-0.1, -0.05) is 30.3 Å². The fourth-order valence-electron chi connectivity index (χ4n) is 6.11. The number of nitrogens with one attached hydrogen (secondary N) is 2. The first-order valence-electron chi connectivity index (χ1n) is 12.8. The average molecular weight is 507 g/mol. The molecule has 1 aromatic heterocycles. The van der Waals surface area contributed by atoms with E-state index in [1.807, 2.05) is 30.3 Å². The van der Waals surface area contributed by atoms with E-state index >= 15 is 0 Å². The minimum absolute atomic E-state index is 0.0424. The molecule has 0 saturated heterocycles. The van der Waals surface area contributed by atoms with E-state index in [0.717, 1.165) is 31.2 Å². The number of nitrogens with two attached hydrogens (primary N) is 1. The van der Waals surface area contributed by atoms with E-state index in [1.165, 1.54) is 0 Å². The molecule has 9 nitrogen and oxygen atoms in total. The third-order valence-corrected chi connectivity index (χ3v) is 7.69. The molecule has 3 aliphatic carbocycles. The van der Waals surface area contributed by atoms with E-state index in [-0.39, 0.29) is 23.0 Å². The van der Waals surface area contributed by atoms with Gasteiger partial charge in [-0.2, -0.15) is 0 Å². The molecule has 0 aliphatic heterocycles. The van der Waals surface area contributed by atoms with Gasteiger partial charge in [0.15, 0.2) is 0 Å². The summed E-state index contributed by atoms with van der Waals surface area (Å²) < 4.78 is 11.6. The average Bonchev–Trinajstić information content (AvgIpc) is 3.39. The maximum Gasteiger partial charge on any atom is 0.408 e. The van der Waals surface area contributed by atoms with Gasteiger partial charge in [-0.05, 0) is 69.6 Å². The van der Waals surface area contributed by atoms with Gasteiger partial charge in [-0.3, -0.25) is 9.59 Å². The topological polar surface area (TPSA) is 133 Å². The van der Waals surface area contributed by atoms with Crippen LogP contribution in [0.3, 0.4) is 0 Å². The van der Waals surface area contributed by atoms with Crippen LogP contribution in [-0.2, 0) is 16.0 Å². The van der Waals surface area contributed by atoms with E-state index in [2.05, 4.69) is 15.6 Å². The number of hydrogen-bond donors (Lipinski definition) is 3. The molecule has 1 heterocycles. The van der Waals surface area contributed by atoms with Crippen molar-refractivity contribution in [3.63, 3.8) is 0 Å². The predicted octanol–water partition coefficient (Wildman–Crippen LogP) is 3.12. The first kappa shape index (κ1) is 25.0. The number of rotatable bonds is 8. The minimum atomic E-state index is -0.741. The van der Waals surface area contributed by atoms with Gasteiger partial charge in [0.1, 0.15) is 22.8 Å². The van der Waals surface area contributed by atoms with Crippen molar-refractivity contribution in [2.75, 3.05) is 0 Å². The van der Waals surface area contributed by atoms with Crippen LogP contribution in [0.4, 0.5) is 4.79 Å². The van der Waals surface area contributed by atoms with Crippen molar-refractivity contribution in [1.29, 1.82) is 0 Å². The van der Waals surface area contributed by atoms with Crippen LogP contribution in [0.5, 0.6) is 5.88 Å². The van der Waals surface area contributed by atoms with Crippen LogP contribution in [0.1, 0.15) is 62.4 Å². The zero-order chi connectivity index (χ0) is 26.4. The number of nitrogens with zero attached hydrogens (tertiary/aromatic N) is 1. The molecule has 3 atom stereocenters. The summed E-state index contributed by atoms with van der Waals surface area (Å²) in [5, 5.41) is 5.88. The number of hydrogen-bond acceptors (Lipinski definition) is 6. The van der Waals surface area contributed by atoms with E-state index in [4.69, 9.17) is 15.2 Å². The van der Waals surface area contributed by atoms with Gasteiger partial charge >= 0.3 is 6.09 Å². The number of primary amides is 1. The lowest BCUT2D eigenvalue weighted by Gasteiger charge is -2.56. The Morgan fingerprint density at radius 1 is 1.11 bits per heavy atom. The zero-order valence-electron chi connectivity index (χ0n) is 21.5. The number of aromatic nitrogens is 1. The fraction of sp³-hybridized carbons (Fsp3) is 0.500. The van der Waals surface area contributed by atoms with Gasteiger partial charge in [-0.15, -0.1) is 0 Å². The lowest BCUT2D eigenvalue weighted by Crippen LogP contribution is -2.62. The highest BCUT2D eigenvalue weighted by molar-refractivity contribution is 5.95. The molecule has 1 unspecified atom stereocenters. The normalized spacial score (nSPS) is 28.1. The van der Waals surface area contributed by atoms with Gasteiger partial charge in [0.25, 0.3) is 5.91 Å². The summed E-state index contributed by atoms with van der Waals surface area (Å²) in [6.45, 7) is 5.36. The van der Waals surface area contributed by atoms with Gasteiger partial charge < -0.3 is 25.8 Å². The van der Waals surface area contributed by atoms with Crippen molar-refractivity contribution in [2.24, 2.45) is 17.1 Å². The Balaban J connectivity index is 1.16. The van der Waals surface area contributed by atoms with E-state index < -0.39 is 23.6 Å². The first-order chi connectivity index (χ1) is 17.5. The van der Waals surface area contributed by atoms with Gasteiger partial charge in [0, 0.05) is 24.6 Å². The molecule has 3 aliphatic rings. The van der Waals surface area contributed by atoms with E-state index in [0.29, 0.717) is 23.8 Å². The standard InChI is InChI=1S/C28H34N4O5/c1-26(2,3)37-25(35)32-20(12-17-8-5-4-6-9-17)23(34)31-18-13-27(14-18)16-28(15-21(27)28)36-24-19(22(29)33)10-7-11-30-24/h4-11,18,20-21H,12-16H2,1-3H3,(H2,29,33)(H,31,34)(H,32,35)/t18?,20-,21?,27?,28-/m0/s1. The number of carbonyl (C=O) groups excluding carboxylic acids is 3. The molecule has 9 heteroatoms. The van der Waals surface area contributed by atoms with E-state index in [1.54, 1.807) is 39.1 Å². The summed E-state index contributed by atoms with van der Waals surface area (Å²) in [7, 11) is 0.